The highest BCUT2D eigenvalue weighted by atomic mass is 16.3. The normalized spacial score (nSPS) is 11.8. The summed E-state index contributed by atoms with van der Waals surface area (Å²) in [6.45, 7) is 0. The zero-order valence-corrected chi connectivity index (χ0v) is 28.9. The molecule has 0 aliphatic rings. The van der Waals surface area contributed by atoms with E-state index >= 15 is 0 Å². The minimum atomic E-state index is 0.910. The van der Waals surface area contributed by atoms with E-state index in [2.05, 4.69) is 182 Å². The van der Waals surface area contributed by atoms with Crippen LogP contribution in [0.15, 0.2) is 199 Å². The Morgan fingerprint density at radius 3 is 1.55 bits per heavy atom. The van der Waals surface area contributed by atoms with Crippen LogP contribution in [0, 0.1) is 0 Å². The summed E-state index contributed by atoms with van der Waals surface area (Å²) in [5.74, 6) is 0. The molecule has 0 radical (unpaired) electrons. The number of furan rings is 1. The first kappa shape index (κ1) is 29.7. The maximum Gasteiger partial charge on any atom is 0.135 e. The summed E-state index contributed by atoms with van der Waals surface area (Å²) >= 11 is 0. The molecule has 0 saturated heterocycles. The topological polar surface area (TPSA) is 13.1 Å². The van der Waals surface area contributed by atoms with Crippen LogP contribution in [0.3, 0.4) is 0 Å². The van der Waals surface area contributed by atoms with E-state index in [0.29, 0.717) is 0 Å². The fourth-order valence-electron chi connectivity index (χ4n) is 8.54. The minimum Gasteiger partial charge on any atom is -0.456 e. The Morgan fingerprint density at radius 1 is 0.245 bits per heavy atom. The molecule has 0 bridgehead atoms. The van der Waals surface area contributed by atoms with Gasteiger partial charge in [-0.05, 0) is 130 Å². The highest BCUT2D eigenvalue weighted by Gasteiger charge is 2.19. The molecule has 0 atom stereocenters. The SMILES string of the molecule is c1cc(-c2ccc3ccccc3c2)cc(-c2c3ccccc3c(-c3cc(-c4ccc5oc6ccccc6c5c4)cc4ccccc34)c3ccccc23)c1. The van der Waals surface area contributed by atoms with Gasteiger partial charge in [0.1, 0.15) is 11.2 Å². The molecule has 53 heavy (non-hydrogen) atoms. The van der Waals surface area contributed by atoms with Crippen molar-refractivity contribution >= 4 is 65.0 Å². The van der Waals surface area contributed by atoms with E-state index in [9.17, 15) is 0 Å². The van der Waals surface area contributed by atoms with E-state index in [1.165, 1.54) is 87.6 Å². The van der Waals surface area contributed by atoms with E-state index in [-0.39, 0.29) is 0 Å². The van der Waals surface area contributed by atoms with E-state index in [4.69, 9.17) is 4.42 Å². The van der Waals surface area contributed by atoms with Gasteiger partial charge in [0, 0.05) is 10.8 Å². The van der Waals surface area contributed by atoms with E-state index in [1.807, 2.05) is 12.1 Å². The van der Waals surface area contributed by atoms with Crippen molar-refractivity contribution in [3.8, 4) is 44.5 Å². The van der Waals surface area contributed by atoms with Crippen LogP contribution in [0.25, 0.3) is 110 Å². The van der Waals surface area contributed by atoms with Crippen molar-refractivity contribution in [1.29, 1.82) is 0 Å². The van der Waals surface area contributed by atoms with Crippen LogP contribution >= 0.6 is 0 Å². The summed E-state index contributed by atoms with van der Waals surface area (Å²) in [6.07, 6.45) is 0. The second-order valence-electron chi connectivity index (χ2n) is 14.0. The number of rotatable bonds is 4. The number of hydrogen-bond acceptors (Lipinski definition) is 1. The molecule has 1 heterocycles. The molecule has 0 aliphatic carbocycles. The minimum absolute atomic E-state index is 0.910. The molecule has 0 unspecified atom stereocenters. The molecule has 1 aromatic heterocycles. The Balaban J connectivity index is 1.16. The lowest BCUT2D eigenvalue weighted by Gasteiger charge is -2.20. The molecule has 11 rings (SSSR count). The number of para-hydroxylation sites is 1. The predicted molar refractivity (Wildman–Crippen MR) is 225 cm³/mol. The third-order valence-electron chi connectivity index (χ3n) is 11.0. The summed E-state index contributed by atoms with van der Waals surface area (Å²) in [7, 11) is 0. The van der Waals surface area contributed by atoms with Gasteiger partial charge in [0.15, 0.2) is 0 Å². The summed E-state index contributed by atoms with van der Waals surface area (Å²) < 4.78 is 6.20. The number of benzene rings is 10. The first-order chi connectivity index (χ1) is 26.3. The van der Waals surface area contributed by atoms with Crippen molar-refractivity contribution in [2.75, 3.05) is 0 Å². The Bertz CT molecular complexity index is 3180. The summed E-state index contributed by atoms with van der Waals surface area (Å²) in [6, 6.07) is 70.8. The van der Waals surface area contributed by atoms with Gasteiger partial charge in [-0.1, -0.05) is 152 Å². The molecule has 1 nitrogen and oxygen atoms in total. The van der Waals surface area contributed by atoms with Gasteiger partial charge in [-0.3, -0.25) is 0 Å². The first-order valence-electron chi connectivity index (χ1n) is 18.2. The van der Waals surface area contributed by atoms with Gasteiger partial charge >= 0.3 is 0 Å². The standard InChI is InChI=1S/C52H32O/c1-2-13-34-28-36(25-24-33(34)12-1)35-15-11-16-39(29-35)51-43-19-5-7-21-45(43)52(46-22-8-6-20-44(46)51)48-32-40(30-38-14-3-4-17-41(38)48)37-26-27-50-47(31-37)42-18-9-10-23-49(42)53-50/h1-32H. The molecule has 0 N–H and O–H groups in total. The summed E-state index contributed by atoms with van der Waals surface area (Å²) in [5, 5.41) is 12.2. The zero-order chi connectivity index (χ0) is 34.9. The molecule has 0 spiro atoms. The van der Waals surface area contributed by atoms with Crippen molar-refractivity contribution in [2.24, 2.45) is 0 Å². The van der Waals surface area contributed by atoms with Gasteiger partial charge in [-0.25, -0.2) is 0 Å². The zero-order valence-electron chi connectivity index (χ0n) is 28.9. The van der Waals surface area contributed by atoms with Crippen LogP contribution in [0.5, 0.6) is 0 Å². The molecule has 11 aromatic rings. The van der Waals surface area contributed by atoms with Crippen molar-refractivity contribution < 1.29 is 4.42 Å². The largest absolute Gasteiger partial charge is 0.456 e. The fourth-order valence-corrected chi connectivity index (χ4v) is 8.54. The van der Waals surface area contributed by atoms with Crippen LogP contribution in [-0.2, 0) is 0 Å². The number of fused-ring (bicyclic) bond motifs is 7. The second-order valence-corrected chi connectivity index (χ2v) is 14.0. The van der Waals surface area contributed by atoms with E-state index < -0.39 is 0 Å². The Morgan fingerprint density at radius 2 is 0.774 bits per heavy atom. The molecule has 10 aromatic carbocycles. The Hall–Kier alpha value is -6.96. The molecular formula is C52H32O. The van der Waals surface area contributed by atoms with Gasteiger partial charge < -0.3 is 4.42 Å². The summed E-state index contributed by atoms with van der Waals surface area (Å²) in [4.78, 5) is 0. The van der Waals surface area contributed by atoms with Crippen molar-refractivity contribution in [2.45, 2.75) is 0 Å². The molecule has 0 saturated carbocycles. The highest BCUT2D eigenvalue weighted by Crippen LogP contribution is 2.47. The third-order valence-corrected chi connectivity index (χ3v) is 11.0. The van der Waals surface area contributed by atoms with Gasteiger partial charge in [0.2, 0.25) is 0 Å². The van der Waals surface area contributed by atoms with Crippen molar-refractivity contribution in [3.63, 3.8) is 0 Å². The predicted octanol–water partition coefficient (Wildman–Crippen LogP) is 14.9. The summed E-state index contributed by atoms with van der Waals surface area (Å²) in [5.41, 5.74) is 11.6. The first-order valence-corrected chi connectivity index (χ1v) is 18.2. The molecule has 0 amide bonds. The molecule has 1 heteroatoms. The van der Waals surface area contributed by atoms with E-state index in [0.717, 1.165) is 21.9 Å². The van der Waals surface area contributed by atoms with Crippen molar-refractivity contribution in [3.05, 3.63) is 194 Å². The van der Waals surface area contributed by atoms with Crippen LogP contribution in [-0.4, -0.2) is 0 Å². The molecule has 0 aliphatic heterocycles. The van der Waals surface area contributed by atoms with Gasteiger partial charge in [0.25, 0.3) is 0 Å². The lowest BCUT2D eigenvalue weighted by molar-refractivity contribution is 0.669. The Labute approximate surface area is 307 Å². The average molecular weight is 673 g/mol. The third kappa shape index (κ3) is 4.79. The molecule has 246 valence electrons. The van der Waals surface area contributed by atoms with Crippen LogP contribution in [0.2, 0.25) is 0 Å². The highest BCUT2D eigenvalue weighted by molar-refractivity contribution is 6.24. The van der Waals surface area contributed by atoms with Crippen LogP contribution < -0.4 is 0 Å². The smallest absolute Gasteiger partial charge is 0.135 e. The maximum atomic E-state index is 6.20. The van der Waals surface area contributed by atoms with Gasteiger partial charge in [-0.15, -0.1) is 0 Å². The average Bonchev–Trinajstić information content (AvgIpc) is 3.60. The number of hydrogen-bond donors (Lipinski definition) is 0. The van der Waals surface area contributed by atoms with Crippen molar-refractivity contribution in [1.82, 2.24) is 0 Å². The second kappa shape index (κ2) is 11.8. The quantitative estimate of drug-likeness (QED) is 0.170. The van der Waals surface area contributed by atoms with Gasteiger partial charge in [0.05, 0.1) is 0 Å². The Kier molecular flexibility index (Phi) is 6.62. The maximum absolute atomic E-state index is 6.20. The van der Waals surface area contributed by atoms with Crippen LogP contribution in [0.4, 0.5) is 0 Å². The van der Waals surface area contributed by atoms with Crippen LogP contribution in [0.1, 0.15) is 0 Å². The fraction of sp³-hybridized carbons (Fsp3) is 0. The van der Waals surface area contributed by atoms with E-state index in [1.54, 1.807) is 0 Å². The molecule has 0 fully saturated rings. The lowest BCUT2D eigenvalue weighted by Crippen LogP contribution is -1.93. The monoisotopic (exact) mass is 672 g/mol. The molecular weight excluding hydrogens is 641 g/mol. The lowest BCUT2D eigenvalue weighted by atomic mass is 9.83. The van der Waals surface area contributed by atoms with Gasteiger partial charge in [-0.2, -0.15) is 0 Å².